The maximum atomic E-state index is 12.5. The number of unbranched alkanes of at least 4 members (excludes halogenated alkanes) is 5. The summed E-state index contributed by atoms with van der Waals surface area (Å²) in [5.41, 5.74) is 3.07. The molecule has 0 radical (unpaired) electrons. The number of phenols is 1. The third-order valence-electron chi connectivity index (χ3n) is 5.93. The number of aliphatic imine (C=N–C) groups is 1. The van der Waals surface area contributed by atoms with Gasteiger partial charge in [-0.25, -0.2) is 4.79 Å². The first-order valence-corrected chi connectivity index (χ1v) is 13.0. The molecule has 0 aliphatic rings. The Kier molecular flexibility index (Phi) is 11.0. The van der Waals surface area contributed by atoms with Gasteiger partial charge in [-0.1, -0.05) is 58.1 Å². The number of ether oxygens (including phenoxy) is 2. The molecule has 0 saturated heterocycles. The molecule has 0 spiro atoms. The molecule has 0 aliphatic heterocycles. The van der Waals surface area contributed by atoms with Gasteiger partial charge in [0.2, 0.25) is 0 Å². The Labute approximate surface area is 214 Å². The molecule has 3 aromatic carbocycles. The Balaban J connectivity index is 1.51. The highest BCUT2D eigenvalue weighted by molar-refractivity contribution is 5.91. The number of nitrogens with zero attached hydrogens (tertiary/aromatic N) is 1. The predicted octanol–water partition coefficient (Wildman–Crippen LogP) is 8.05. The normalized spacial score (nSPS) is 11.1. The Morgan fingerprint density at radius 3 is 2.22 bits per heavy atom. The van der Waals surface area contributed by atoms with Crippen molar-refractivity contribution in [2.24, 2.45) is 4.99 Å². The molecule has 0 amide bonds. The van der Waals surface area contributed by atoms with E-state index in [2.05, 4.69) is 31.0 Å². The van der Waals surface area contributed by atoms with E-state index in [-0.39, 0.29) is 11.5 Å². The molecular formula is C31H37NO4. The first-order valence-electron chi connectivity index (χ1n) is 13.0. The van der Waals surface area contributed by atoms with Crippen molar-refractivity contribution in [1.82, 2.24) is 0 Å². The lowest BCUT2D eigenvalue weighted by Crippen LogP contribution is -2.08. The molecule has 0 heterocycles. The Hall–Kier alpha value is -3.60. The first-order chi connectivity index (χ1) is 17.6. The highest BCUT2D eigenvalue weighted by Crippen LogP contribution is 2.24. The van der Waals surface area contributed by atoms with Crippen LogP contribution in [0, 0.1) is 0 Å². The Morgan fingerprint density at radius 1 is 0.833 bits per heavy atom. The highest BCUT2D eigenvalue weighted by atomic mass is 16.5. The summed E-state index contributed by atoms with van der Waals surface area (Å²) < 4.78 is 11.2. The summed E-state index contributed by atoms with van der Waals surface area (Å²) in [4.78, 5) is 17.0. The predicted molar refractivity (Wildman–Crippen MR) is 146 cm³/mol. The van der Waals surface area contributed by atoms with E-state index < -0.39 is 5.97 Å². The molecule has 3 aromatic rings. The minimum atomic E-state index is -0.495. The lowest BCUT2D eigenvalue weighted by molar-refractivity contribution is 0.0734. The van der Waals surface area contributed by atoms with Crippen LogP contribution in [-0.4, -0.2) is 23.9 Å². The molecule has 0 saturated carbocycles. The summed E-state index contributed by atoms with van der Waals surface area (Å²) in [7, 11) is 0. The summed E-state index contributed by atoms with van der Waals surface area (Å²) in [6.45, 7) is 5.06. The van der Waals surface area contributed by atoms with Crippen molar-refractivity contribution >= 4 is 17.9 Å². The Bertz CT molecular complexity index is 1100. The second-order valence-electron chi connectivity index (χ2n) is 8.93. The fourth-order valence-corrected chi connectivity index (χ4v) is 3.72. The molecule has 0 aromatic heterocycles. The highest BCUT2D eigenvalue weighted by Gasteiger charge is 2.10. The monoisotopic (exact) mass is 487 g/mol. The molecule has 190 valence electrons. The van der Waals surface area contributed by atoms with Gasteiger partial charge in [-0.2, -0.15) is 0 Å². The third-order valence-corrected chi connectivity index (χ3v) is 5.93. The van der Waals surface area contributed by atoms with E-state index in [9.17, 15) is 9.90 Å². The number of phenolic OH excluding ortho intramolecular Hbond substituents is 1. The van der Waals surface area contributed by atoms with Crippen LogP contribution in [0.4, 0.5) is 5.69 Å². The number of aromatic hydroxyl groups is 1. The van der Waals surface area contributed by atoms with Crippen molar-refractivity contribution < 1.29 is 19.4 Å². The van der Waals surface area contributed by atoms with Gasteiger partial charge in [0.25, 0.3) is 0 Å². The quantitative estimate of drug-likeness (QED) is 0.108. The van der Waals surface area contributed by atoms with Crippen molar-refractivity contribution in [1.29, 1.82) is 0 Å². The summed E-state index contributed by atoms with van der Waals surface area (Å²) in [6, 6.07) is 19.8. The summed E-state index contributed by atoms with van der Waals surface area (Å²) >= 11 is 0. The largest absolute Gasteiger partial charge is 0.507 e. The number of rotatable bonds is 14. The topological polar surface area (TPSA) is 68.1 Å². The number of esters is 1. The molecule has 5 heteroatoms. The van der Waals surface area contributed by atoms with Crippen LogP contribution in [0.25, 0.3) is 0 Å². The van der Waals surface area contributed by atoms with Crippen molar-refractivity contribution in [3.05, 3.63) is 83.4 Å². The molecule has 0 bridgehead atoms. The van der Waals surface area contributed by atoms with E-state index >= 15 is 0 Å². The molecule has 0 aliphatic carbocycles. The average molecular weight is 488 g/mol. The summed E-state index contributed by atoms with van der Waals surface area (Å²) in [6.07, 6.45) is 10.9. The van der Waals surface area contributed by atoms with Gasteiger partial charge in [0.1, 0.15) is 17.2 Å². The van der Waals surface area contributed by atoms with E-state index in [0.29, 0.717) is 17.7 Å². The molecule has 0 atom stereocenters. The first kappa shape index (κ1) is 27.0. The van der Waals surface area contributed by atoms with Crippen LogP contribution in [-0.2, 0) is 6.42 Å². The van der Waals surface area contributed by atoms with Gasteiger partial charge in [-0.15, -0.1) is 0 Å². The van der Waals surface area contributed by atoms with E-state index in [1.54, 1.807) is 42.6 Å². The second-order valence-corrected chi connectivity index (χ2v) is 8.93. The number of carbonyl (C=O) groups excluding carboxylic acids is 1. The maximum Gasteiger partial charge on any atom is 0.343 e. The summed E-state index contributed by atoms with van der Waals surface area (Å²) in [5, 5.41) is 10.4. The zero-order valence-electron chi connectivity index (χ0n) is 21.4. The van der Waals surface area contributed by atoms with Crippen LogP contribution in [0.3, 0.4) is 0 Å². The lowest BCUT2D eigenvalue weighted by Gasteiger charge is -2.08. The van der Waals surface area contributed by atoms with E-state index in [1.807, 2.05) is 12.1 Å². The lowest BCUT2D eigenvalue weighted by atomic mass is 10.1. The van der Waals surface area contributed by atoms with Crippen LogP contribution < -0.4 is 9.47 Å². The molecule has 36 heavy (non-hydrogen) atoms. The zero-order chi connectivity index (χ0) is 25.6. The van der Waals surface area contributed by atoms with Gasteiger partial charge in [-0.3, -0.25) is 4.99 Å². The SMILES string of the molecule is CCCCCCCOc1ccc(C(=O)Oc2ccc(C=Nc3ccc(CCCC)cc3)c(O)c2)cc1. The van der Waals surface area contributed by atoms with Crippen LogP contribution in [0.2, 0.25) is 0 Å². The van der Waals surface area contributed by atoms with Gasteiger partial charge in [-0.05, 0) is 73.4 Å². The van der Waals surface area contributed by atoms with Gasteiger partial charge < -0.3 is 14.6 Å². The average Bonchev–Trinajstić information content (AvgIpc) is 2.90. The van der Waals surface area contributed by atoms with Gasteiger partial charge in [0.05, 0.1) is 17.9 Å². The molecule has 5 nitrogen and oxygen atoms in total. The van der Waals surface area contributed by atoms with Crippen LogP contribution in [0.5, 0.6) is 17.2 Å². The molecular weight excluding hydrogens is 450 g/mol. The molecule has 0 fully saturated rings. The number of hydrogen-bond donors (Lipinski definition) is 1. The summed E-state index contributed by atoms with van der Waals surface area (Å²) in [5.74, 6) is 0.498. The smallest absolute Gasteiger partial charge is 0.343 e. The van der Waals surface area contributed by atoms with Gasteiger partial charge in [0, 0.05) is 17.8 Å². The number of aryl methyl sites for hydroxylation is 1. The number of carbonyl (C=O) groups is 1. The minimum Gasteiger partial charge on any atom is -0.507 e. The fraction of sp³-hybridized carbons (Fsp3) is 0.355. The second kappa shape index (κ2) is 14.7. The number of hydrogen-bond acceptors (Lipinski definition) is 5. The zero-order valence-corrected chi connectivity index (χ0v) is 21.4. The van der Waals surface area contributed by atoms with Crippen molar-refractivity contribution in [2.75, 3.05) is 6.61 Å². The molecule has 3 rings (SSSR count). The standard InChI is InChI=1S/C31H37NO4/c1-3-5-7-8-9-21-35-28-18-13-25(14-19-28)31(34)36-29-20-15-26(30(33)22-29)23-32-27-16-11-24(12-17-27)10-6-4-2/h11-20,22-23,33H,3-10,21H2,1-2H3. The van der Waals surface area contributed by atoms with Crippen LogP contribution in [0.15, 0.2) is 71.7 Å². The van der Waals surface area contributed by atoms with E-state index in [0.717, 1.165) is 24.3 Å². The third kappa shape index (κ3) is 8.88. The van der Waals surface area contributed by atoms with Gasteiger partial charge >= 0.3 is 5.97 Å². The van der Waals surface area contributed by atoms with Crippen LogP contribution in [0.1, 0.15) is 80.3 Å². The number of benzene rings is 3. The van der Waals surface area contributed by atoms with Crippen molar-refractivity contribution in [3.63, 3.8) is 0 Å². The van der Waals surface area contributed by atoms with Crippen molar-refractivity contribution in [2.45, 2.75) is 65.2 Å². The maximum absolute atomic E-state index is 12.5. The Morgan fingerprint density at radius 2 is 1.53 bits per heavy atom. The fourth-order valence-electron chi connectivity index (χ4n) is 3.72. The van der Waals surface area contributed by atoms with Crippen molar-refractivity contribution in [3.8, 4) is 17.2 Å². The van der Waals surface area contributed by atoms with Crippen LogP contribution >= 0.6 is 0 Å². The molecule has 1 N–H and O–H groups in total. The van der Waals surface area contributed by atoms with Gasteiger partial charge in [0.15, 0.2) is 0 Å². The van der Waals surface area contributed by atoms with E-state index in [4.69, 9.17) is 9.47 Å². The molecule has 0 unspecified atom stereocenters. The minimum absolute atomic E-state index is 0.00806. The van der Waals surface area contributed by atoms with E-state index in [1.165, 1.54) is 50.2 Å².